The van der Waals surface area contributed by atoms with E-state index in [1.807, 2.05) is 0 Å². The van der Waals surface area contributed by atoms with Crippen molar-refractivity contribution in [1.82, 2.24) is 4.98 Å². The zero-order chi connectivity index (χ0) is 14.6. The summed E-state index contributed by atoms with van der Waals surface area (Å²) in [6, 6.07) is 2.82. The third kappa shape index (κ3) is 2.98. The average molecular weight is 281 g/mol. The Kier molecular flexibility index (Phi) is 4.39. The fourth-order valence-corrected chi connectivity index (χ4v) is 2.59. The molecule has 20 heavy (non-hydrogen) atoms. The van der Waals surface area contributed by atoms with Gasteiger partial charge < -0.3 is 15.2 Å². The average Bonchev–Trinajstić information content (AvgIpc) is 2.47. The second kappa shape index (κ2) is 6.04. The van der Waals surface area contributed by atoms with Gasteiger partial charge in [0.15, 0.2) is 0 Å². The first-order valence-electron chi connectivity index (χ1n) is 6.69. The van der Waals surface area contributed by atoms with Crippen LogP contribution in [0.3, 0.4) is 0 Å². The molecule has 0 saturated heterocycles. The van der Waals surface area contributed by atoms with Gasteiger partial charge in [-0.05, 0) is 12.8 Å². The molecular weight excluding hydrogens is 262 g/mol. The number of aliphatic hydroxyl groups is 1. The van der Waals surface area contributed by atoms with Gasteiger partial charge in [0.1, 0.15) is 0 Å². The van der Waals surface area contributed by atoms with E-state index in [0.717, 1.165) is 32.1 Å². The lowest BCUT2D eigenvalue weighted by molar-refractivity contribution is -0.384. The fourth-order valence-electron chi connectivity index (χ4n) is 2.59. The van der Waals surface area contributed by atoms with Crippen molar-refractivity contribution in [3.8, 4) is 5.88 Å². The molecule has 0 amide bonds. The quantitative estimate of drug-likeness (QED) is 0.633. The Morgan fingerprint density at radius 2 is 2.15 bits per heavy atom. The van der Waals surface area contributed by atoms with Crippen molar-refractivity contribution < 1.29 is 14.8 Å². The molecule has 0 aliphatic heterocycles. The molecule has 0 spiro atoms. The molecule has 0 bridgehead atoms. The molecule has 1 aromatic rings. The second-order valence-electron chi connectivity index (χ2n) is 5.10. The molecule has 1 heterocycles. The summed E-state index contributed by atoms with van der Waals surface area (Å²) in [7, 11) is 1.46. The number of hydrogen-bond donors (Lipinski definition) is 2. The summed E-state index contributed by atoms with van der Waals surface area (Å²) in [6.45, 7) is -0.0664. The number of aliphatic hydroxyl groups excluding tert-OH is 1. The summed E-state index contributed by atoms with van der Waals surface area (Å²) in [4.78, 5) is 14.7. The van der Waals surface area contributed by atoms with E-state index in [1.165, 1.54) is 19.2 Å². The van der Waals surface area contributed by atoms with E-state index < -0.39 is 10.5 Å². The van der Waals surface area contributed by atoms with Gasteiger partial charge in [0.25, 0.3) is 0 Å². The molecule has 0 atom stereocenters. The first-order valence-corrected chi connectivity index (χ1v) is 6.69. The number of methoxy groups -OCH3 is 1. The van der Waals surface area contributed by atoms with Crippen LogP contribution in [0.25, 0.3) is 0 Å². The molecule has 0 aromatic carbocycles. The molecule has 110 valence electrons. The standard InChI is InChI=1S/C13H19N3O4/c1-20-11-6-5-10(16(18)19)12(14-11)15-13(9-17)7-3-2-4-8-13/h5-6,17H,2-4,7-9H2,1H3,(H,14,15). The van der Waals surface area contributed by atoms with E-state index in [2.05, 4.69) is 10.3 Å². The van der Waals surface area contributed by atoms with Crippen LogP contribution >= 0.6 is 0 Å². The minimum Gasteiger partial charge on any atom is -0.481 e. The highest BCUT2D eigenvalue weighted by Gasteiger charge is 2.33. The predicted molar refractivity (Wildman–Crippen MR) is 74.0 cm³/mol. The molecule has 1 aromatic heterocycles. The Bertz CT molecular complexity index is 487. The van der Waals surface area contributed by atoms with Crippen LogP contribution in [0.15, 0.2) is 12.1 Å². The lowest BCUT2D eigenvalue weighted by Gasteiger charge is -2.36. The number of anilines is 1. The van der Waals surface area contributed by atoms with E-state index in [0.29, 0.717) is 5.88 Å². The number of aromatic nitrogens is 1. The zero-order valence-electron chi connectivity index (χ0n) is 11.5. The van der Waals surface area contributed by atoms with Crippen molar-refractivity contribution in [3.63, 3.8) is 0 Å². The number of ether oxygens (including phenoxy) is 1. The van der Waals surface area contributed by atoms with Crippen LogP contribution < -0.4 is 10.1 Å². The summed E-state index contributed by atoms with van der Waals surface area (Å²) in [5.41, 5.74) is -0.633. The largest absolute Gasteiger partial charge is 0.481 e. The highest BCUT2D eigenvalue weighted by atomic mass is 16.6. The number of nitrogens with zero attached hydrogens (tertiary/aromatic N) is 2. The van der Waals surface area contributed by atoms with E-state index >= 15 is 0 Å². The minimum atomic E-state index is -0.525. The molecule has 1 saturated carbocycles. The lowest BCUT2D eigenvalue weighted by atomic mass is 9.82. The van der Waals surface area contributed by atoms with Crippen LogP contribution in [0.1, 0.15) is 32.1 Å². The number of rotatable bonds is 5. The normalized spacial score (nSPS) is 17.5. The molecular formula is C13H19N3O4. The van der Waals surface area contributed by atoms with Crippen molar-refractivity contribution in [3.05, 3.63) is 22.2 Å². The first kappa shape index (κ1) is 14.5. The Hall–Kier alpha value is -1.89. The Morgan fingerprint density at radius 3 is 2.70 bits per heavy atom. The molecule has 2 rings (SSSR count). The molecule has 2 N–H and O–H groups in total. The molecule has 7 nitrogen and oxygen atoms in total. The van der Waals surface area contributed by atoms with Crippen molar-refractivity contribution in [2.75, 3.05) is 19.0 Å². The number of pyridine rings is 1. The van der Waals surface area contributed by atoms with E-state index in [1.54, 1.807) is 0 Å². The van der Waals surface area contributed by atoms with Crippen LogP contribution in [-0.2, 0) is 0 Å². The summed E-state index contributed by atoms with van der Waals surface area (Å²) in [5, 5.41) is 23.8. The molecule has 1 aliphatic carbocycles. The third-order valence-corrected chi connectivity index (χ3v) is 3.75. The van der Waals surface area contributed by atoms with Crippen LogP contribution in [0.2, 0.25) is 0 Å². The fraction of sp³-hybridized carbons (Fsp3) is 0.615. The SMILES string of the molecule is COc1ccc([N+](=O)[O-])c(NC2(CO)CCCCC2)n1. The van der Waals surface area contributed by atoms with Gasteiger partial charge in [0, 0.05) is 12.1 Å². The van der Waals surface area contributed by atoms with Crippen LogP contribution in [0.4, 0.5) is 11.5 Å². The monoisotopic (exact) mass is 281 g/mol. The number of hydrogen-bond acceptors (Lipinski definition) is 6. The summed E-state index contributed by atoms with van der Waals surface area (Å²) < 4.78 is 5.01. The van der Waals surface area contributed by atoms with E-state index in [-0.39, 0.29) is 18.1 Å². The molecule has 7 heteroatoms. The van der Waals surface area contributed by atoms with Crippen LogP contribution in [0, 0.1) is 10.1 Å². The lowest BCUT2D eigenvalue weighted by Crippen LogP contribution is -2.44. The summed E-state index contributed by atoms with van der Waals surface area (Å²) in [6.07, 6.45) is 4.66. The van der Waals surface area contributed by atoms with Gasteiger partial charge >= 0.3 is 5.69 Å². The number of nitrogens with one attached hydrogen (secondary N) is 1. The van der Waals surface area contributed by atoms with Crippen LogP contribution in [0.5, 0.6) is 5.88 Å². The van der Waals surface area contributed by atoms with Gasteiger partial charge in [-0.1, -0.05) is 19.3 Å². The third-order valence-electron chi connectivity index (χ3n) is 3.75. The zero-order valence-corrected chi connectivity index (χ0v) is 11.5. The molecule has 0 radical (unpaired) electrons. The van der Waals surface area contributed by atoms with E-state index in [4.69, 9.17) is 4.74 Å². The Morgan fingerprint density at radius 1 is 1.45 bits per heavy atom. The van der Waals surface area contributed by atoms with Gasteiger partial charge in [-0.2, -0.15) is 4.98 Å². The highest BCUT2D eigenvalue weighted by molar-refractivity contribution is 5.58. The van der Waals surface area contributed by atoms with Crippen LogP contribution in [-0.4, -0.2) is 34.3 Å². The maximum absolute atomic E-state index is 11.1. The minimum absolute atomic E-state index is 0.0664. The van der Waals surface area contributed by atoms with E-state index in [9.17, 15) is 15.2 Å². The van der Waals surface area contributed by atoms with Gasteiger partial charge in [-0.15, -0.1) is 0 Å². The van der Waals surface area contributed by atoms with Crippen molar-refractivity contribution in [2.24, 2.45) is 0 Å². The molecule has 0 unspecified atom stereocenters. The second-order valence-corrected chi connectivity index (χ2v) is 5.10. The highest BCUT2D eigenvalue weighted by Crippen LogP contribution is 2.34. The smallest absolute Gasteiger partial charge is 0.311 e. The van der Waals surface area contributed by atoms with Gasteiger partial charge in [-0.25, -0.2) is 0 Å². The summed E-state index contributed by atoms with van der Waals surface area (Å²) in [5.74, 6) is 0.465. The maximum atomic E-state index is 11.1. The van der Waals surface area contributed by atoms with Crippen molar-refractivity contribution >= 4 is 11.5 Å². The van der Waals surface area contributed by atoms with Crippen molar-refractivity contribution in [2.45, 2.75) is 37.6 Å². The Balaban J connectivity index is 2.32. The van der Waals surface area contributed by atoms with Crippen molar-refractivity contribution in [1.29, 1.82) is 0 Å². The number of nitro groups is 1. The summed E-state index contributed by atoms with van der Waals surface area (Å²) >= 11 is 0. The molecule has 1 aliphatic rings. The maximum Gasteiger partial charge on any atom is 0.311 e. The van der Waals surface area contributed by atoms with Gasteiger partial charge in [0.05, 0.1) is 24.2 Å². The Labute approximate surface area is 117 Å². The topological polar surface area (TPSA) is 97.5 Å². The van der Waals surface area contributed by atoms with Gasteiger partial charge in [-0.3, -0.25) is 10.1 Å². The first-order chi connectivity index (χ1) is 9.60. The van der Waals surface area contributed by atoms with Gasteiger partial charge in [0.2, 0.25) is 11.7 Å². The molecule has 1 fully saturated rings. The predicted octanol–water partition coefficient (Wildman–Crippen LogP) is 2.11.